The Labute approximate surface area is 145 Å². The van der Waals surface area contributed by atoms with Crippen LogP contribution >= 0.6 is 22.7 Å². The van der Waals surface area contributed by atoms with Crippen molar-refractivity contribution in [1.82, 2.24) is 9.97 Å². The minimum Gasteiger partial charge on any atom is -0.466 e. The maximum atomic E-state index is 11.5. The number of rotatable bonds is 5. The van der Waals surface area contributed by atoms with E-state index in [2.05, 4.69) is 15.3 Å². The van der Waals surface area contributed by atoms with Crippen molar-refractivity contribution >= 4 is 49.1 Å². The van der Waals surface area contributed by atoms with E-state index in [-0.39, 0.29) is 19.2 Å². The Hall–Kier alpha value is -2.39. The van der Waals surface area contributed by atoms with Gasteiger partial charge in [0.15, 0.2) is 21.8 Å². The minimum atomic E-state index is -0.274. The number of hydrogen-bond acceptors (Lipinski definition) is 9. The van der Waals surface area contributed by atoms with Gasteiger partial charge in [0.1, 0.15) is 0 Å². The first-order valence-corrected chi connectivity index (χ1v) is 8.98. The number of nitrogens with one attached hydrogen (secondary N) is 1. The Kier molecular flexibility index (Phi) is 3.95. The van der Waals surface area contributed by atoms with Gasteiger partial charge in [-0.3, -0.25) is 4.79 Å². The molecular formula is C15H13N3O4S2. The number of anilines is 2. The van der Waals surface area contributed by atoms with E-state index >= 15 is 0 Å². The molecule has 2 aromatic heterocycles. The van der Waals surface area contributed by atoms with Crippen LogP contribution in [0, 0.1) is 0 Å². The van der Waals surface area contributed by atoms with Crippen molar-refractivity contribution in [2.75, 3.05) is 18.7 Å². The van der Waals surface area contributed by atoms with Gasteiger partial charge in [-0.05, 0) is 6.92 Å². The average molecular weight is 363 g/mol. The van der Waals surface area contributed by atoms with E-state index in [0.29, 0.717) is 23.2 Å². The van der Waals surface area contributed by atoms with Crippen LogP contribution in [0.15, 0.2) is 17.5 Å². The second-order valence-electron chi connectivity index (χ2n) is 4.94. The molecule has 124 valence electrons. The van der Waals surface area contributed by atoms with Gasteiger partial charge in [0.25, 0.3) is 0 Å². The molecule has 24 heavy (non-hydrogen) atoms. The third-order valence-electron chi connectivity index (χ3n) is 3.28. The van der Waals surface area contributed by atoms with Gasteiger partial charge in [-0.15, -0.1) is 11.3 Å². The Morgan fingerprint density at radius 1 is 1.29 bits per heavy atom. The van der Waals surface area contributed by atoms with Crippen molar-refractivity contribution in [2.24, 2.45) is 0 Å². The first kappa shape index (κ1) is 15.2. The van der Waals surface area contributed by atoms with Crippen molar-refractivity contribution in [3.63, 3.8) is 0 Å². The Bertz CT molecular complexity index is 864. The summed E-state index contributed by atoms with van der Waals surface area (Å²) in [5.74, 6) is 1.18. The number of benzene rings is 1. The van der Waals surface area contributed by atoms with Gasteiger partial charge in [-0.2, -0.15) is 0 Å². The second-order valence-corrected chi connectivity index (χ2v) is 6.83. The first-order valence-electron chi connectivity index (χ1n) is 7.28. The lowest BCUT2D eigenvalue weighted by atomic mass is 10.3. The molecule has 0 fully saturated rings. The average Bonchev–Trinajstić information content (AvgIpc) is 3.24. The SMILES string of the molecule is CCOC(=O)Cc1csc(Nc2nc3cc4c(cc3s2)OCO4)n1. The molecule has 3 heterocycles. The largest absolute Gasteiger partial charge is 0.466 e. The third-order valence-corrected chi connectivity index (χ3v) is 5.02. The zero-order valence-electron chi connectivity index (χ0n) is 12.7. The molecule has 3 aromatic rings. The van der Waals surface area contributed by atoms with Gasteiger partial charge in [0.2, 0.25) is 6.79 Å². The molecule has 4 rings (SSSR count). The summed E-state index contributed by atoms with van der Waals surface area (Å²) in [7, 11) is 0. The van der Waals surface area contributed by atoms with Gasteiger partial charge in [0.05, 0.1) is 28.9 Å². The molecule has 1 aromatic carbocycles. The molecule has 7 nitrogen and oxygen atoms in total. The summed E-state index contributed by atoms with van der Waals surface area (Å²) in [6.07, 6.45) is 0.174. The lowest BCUT2D eigenvalue weighted by molar-refractivity contribution is -0.142. The topological polar surface area (TPSA) is 82.6 Å². The highest BCUT2D eigenvalue weighted by Gasteiger charge is 2.17. The van der Waals surface area contributed by atoms with Crippen LogP contribution in [-0.2, 0) is 16.0 Å². The molecule has 0 saturated heterocycles. The summed E-state index contributed by atoms with van der Waals surface area (Å²) in [4.78, 5) is 20.4. The smallest absolute Gasteiger partial charge is 0.311 e. The summed E-state index contributed by atoms with van der Waals surface area (Å²) < 4.78 is 16.7. The van der Waals surface area contributed by atoms with Crippen LogP contribution in [-0.4, -0.2) is 29.3 Å². The molecule has 0 unspecified atom stereocenters. The molecule has 0 atom stereocenters. The van der Waals surface area contributed by atoms with E-state index in [1.165, 1.54) is 22.7 Å². The number of nitrogens with zero attached hydrogens (tertiary/aromatic N) is 2. The third kappa shape index (κ3) is 3.00. The summed E-state index contributed by atoms with van der Waals surface area (Å²) in [6.45, 7) is 2.41. The summed E-state index contributed by atoms with van der Waals surface area (Å²) in [6, 6.07) is 3.79. The number of esters is 1. The molecular weight excluding hydrogens is 350 g/mol. The Morgan fingerprint density at radius 3 is 2.96 bits per heavy atom. The van der Waals surface area contributed by atoms with E-state index in [1.807, 2.05) is 17.5 Å². The van der Waals surface area contributed by atoms with E-state index in [4.69, 9.17) is 14.2 Å². The van der Waals surface area contributed by atoms with Gasteiger partial charge >= 0.3 is 5.97 Å². The molecule has 0 radical (unpaired) electrons. The molecule has 0 aliphatic carbocycles. The van der Waals surface area contributed by atoms with Crippen molar-refractivity contribution < 1.29 is 19.0 Å². The number of carbonyl (C=O) groups is 1. The zero-order chi connectivity index (χ0) is 16.5. The van der Waals surface area contributed by atoms with Gasteiger partial charge in [-0.1, -0.05) is 11.3 Å². The van der Waals surface area contributed by atoms with Crippen LogP contribution in [0.1, 0.15) is 12.6 Å². The minimum absolute atomic E-state index is 0.174. The number of carbonyl (C=O) groups excluding carboxylic acids is 1. The number of thiazole rings is 2. The molecule has 1 aliphatic heterocycles. The molecule has 9 heteroatoms. The maximum absolute atomic E-state index is 11.5. The van der Waals surface area contributed by atoms with Crippen LogP contribution in [0.25, 0.3) is 10.2 Å². The monoisotopic (exact) mass is 363 g/mol. The predicted octanol–water partition coefficient (Wildman–Crippen LogP) is 3.33. The van der Waals surface area contributed by atoms with Crippen molar-refractivity contribution in [3.05, 3.63) is 23.2 Å². The number of aromatic nitrogens is 2. The normalized spacial score (nSPS) is 12.5. The highest BCUT2D eigenvalue weighted by Crippen LogP contribution is 2.39. The number of fused-ring (bicyclic) bond motifs is 2. The number of hydrogen-bond donors (Lipinski definition) is 1. The van der Waals surface area contributed by atoms with Gasteiger partial charge < -0.3 is 19.5 Å². The standard InChI is InChI=1S/C15H13N3O4S2/c1-2-20-13(19)3-8-6-23-14(16-8)18-15-17-9-4-10-11(22-7-21-10)5-12(9)24-15/h4-6H,2-3,7H2,1H3,(H,16,17,18). The lowest BCUT2D eigenvalue weighted by Crippen LogP contribution is -2.07. The van der Waals surface area contributed by atoms with Crippen LogP contribution in [0.2, 0.25) is 0 Å². The highest BCUT2D eigenvalue weighted by molar-refractivity contribution is 7.22. The molecule has 1 N–H and O–H groups in total. The van der Waals surface area contributed by atoms with Crippen LogP contribution in [0.3, 0.4) is 0 Å². The van der Waals surface area contributed by atoms with E-state index in [0.717, 1.165) is 21.1 Å². The molecule has 0 amide bonds. The van der Waals surface area contributed by atoms with Crippen LogP contribution in [0.4, 0.5) is 10.3 Å². The van der Waals surface area contributed by atoms with Crippen molar-refractivity contribution in [3.8, 4) is 11.5 Å². The van der Waals surface area contributed by atoms with Crippen molar-refractivity contribution in [2.45, 2.75) is 13.3 Å². The summed E-state index contributed by atoms with van der Waals surface area (Å²) in [5.41, 5.74) is 1.53. The number of ether oxygens (including phenoxy) is 3. The quantitative estimate of drug-likeness (QED) is 0.696. The summed E-state index contributed by atoms with van der Waals surface area (Å²) >= 11 is 2.93. The fraction of sp³-hybridized carbons (Fsp3) is 0.267. The van der Waals surface area contributed by atoms with Crippen LogP contribution < -0.4 is 14.8 Å². The molecule has 0 bridgehead atoms. The summed E-state index contributed by atoms with van der Waals surface area (Å²) in [5, 5.41) is 6.43. The maximum Gasteiger partial charge on any atom is 0.311 e. The Morgan fingerprint density at radius 2 is 2.12 bits per heavy atom. The van der Waals surface area contributed by atoms with Gasteiger partial charge in [-0.25, -0.2) is 9.97 Å². The predicted molar refractivity (Wildman–Crippen MR) is 91.5 cm³/mol. The fourth-order valence-corrected chi connectivity index (χ4v) is 3.92. The zero-order valence-corrected chi connectivity index (χ0v) is 14.3. The molecule has 1 aliphatic rings. The van der Waals surface area contributed by atoms with E-state index < -0.39 is 0 Å². The Balaban J connectivity index is 1.50. The first-order chi connectivity index (χ1) is 11.7. The molecule has 0 spiro atoms. The van der Waals surface area contributed by atoms with Crippen molar-refractivity contribution in [1.29, 1.82) is 0 Å². The van der Waals surface area contributed by atoms with Crippen LogP contribution in [0.5, 0.6) is 11.5 Å². The second kappa shape index (κ2) is 6.25. The van der Waals surface area contributed by atoms with E-state index in [9.17, 15) is 4.79 Å². The van der Waals surface area contributed by atoms with E-state index in [1.54, 1.807) is 6.92 Å². The van der Waals surface area contributed by atoms with Gasteiger partial charge in [0, 0.05) is 17.5 Å². The highest BCUT2D eigenvalue weighted by atomic mass is 32.1. The molecule has 0 saturated carbocycles. The lowest BCUT2D eigenvalue weighted by Gasteiger charge is -1.98. The fourth-order valence-electron chi connectivity index (χ4n) is 2.27.